The molecule has 5 rings (SSSR count). The second-order valence-corrected chi connectivity index (χ2v) is 10.3. The van der Waals surface area contributed by atoms with E-state index >= 15 is 0 Å². The summed E-state index contributed by atoms with van der Waals surface area (Å²) in [7, 11) is 0. The van der Waals surface area contributed by atoms with Crippen LogP contribution in [0.4, 0.5) is 4.79 Å². The van der Waals surface area contributed by atoms with E-state index in [0.29, 0.717) is 0 Å². The van der Waals surface area contributed by atoms with Crippen molar-refractivity contribution in [2.24, 2.45) is 5.92 Å². The van der Waals surface area contributed by atoms with Crippen LogP contribution in [-0.4, -0.2) is 52.7 Å². The fraction of sp³-hybridized carbons (Fsp3) is 0.464. The summed E-state index contributed by atoms with van der Waals surface area (Å²) in [6.45, 7) is 2.35. The average molecular weight is 477 g/mol. The van der Waals surface area contributed by atoms with Crippen LogP contribution >= 0.6 is 0 Å². The SMILES string of the molecule is CC(CC(=O)N(CCC(=O)O)C1CC1)(NC(=O)OCC1c2ccccc2-c2ccccc21)C1CC1. The van der Waals surface area contributed by atoms with Crippen LogP contribution in [0.1, 0.15) is 62.5 Å². The number of nitrogens with zero attached hydrogens (tertiary/aromatic N) is 1. The van der Waals surface area contributed by atoms with Crippen molar-refractivity contribution >= 4 is 18.0 Å². The van der Waals surface area contributed by atoms with Crippen molar-refractivity contribution < 1.29 is 24.2 Å². The Balaban J connectivity index is 1.23. The molecule has 3 aliphatic rings. The molecule has 0 spiro atoms. The first-order valence-corrected chi connectivity index (χ1v) is 12.5. The fourth-order valence-corrected chi connectivity index (χ4v) is 5.41. The first-order chi connectivity index (χ1) is 16.9. The summed E-state index contributed by atoms with van der Waals surface area (Å²) in [5, 5.41) is 12.1. The molecule has 7 heteroatoms. The average Bonchev–Trinajstić information content (AvgIpc) is 3.74. The Morgan fingerprint density at radius 3 is 2.14 bits per heavy atom. The molecule has 7 nitrogen and oxygen atoms in total. The minimum atomic E-state index is -0.912. The Hall–Kier alpha value is -3.35. The van der Waals surface area contributed by atoms with E-state index in [4.69, 9.17) is 9.84 Å². The maximum atomic E-state index is 13.1. The summed E-state index contributed by atoms with van der Waals surface area (Å²) < 4.78 is 5.74. The van der Waals surface area contributed by atoms with Crippen molar-refractivity contribution in [2.75, 3.05) is 13.2 Å². The normalized spacial score (nSPS) is 18.2. The third-order valence-corrected chi connectivity index (χ3v) is 7.60. The maximum absolute atomic E-state index is 13.1. The molecule has 3 aliphatic carbocycles. The van der Waals surface area contributed by atoms with Gasteiger partial charge in [-0.2, -0.15) is 0 Å². The molecule has 2 N–H and O–H groups in total. The van der Waals surface area contributed by atoms with E-state index in [1.807, 2.05) is 31.2 Å². The summed E-state index contributed by atoms with van der Waals surface area (Å²) in [6.07, 6.45) is 3.28. The number of carboxylic acid groups (broad SMARTS) is 1. The van der Waals surface area contributed by atoms with E-state index in [-0.39, 0.29) is 49.8 Å². The van der Waals surface area contributed by atoms with E-state index in [2.05, 4.69) is 29.6 Å². The largest absolute Gasteiger partial charge is 0.481 e. The minimum absolute atomic E-state index is 0.0247. The van der Waals surface area contributed by atoms with Crippen molar-refractivity contribution in [3.63, 3.8) is 0 Å². The Morgan fingerprint density at radius 1 is 1.00 bits per heavy atom. The number of carboxylic acids is 1. The highest BCUT2D eigenvalue weighted by atomic mass is 16.5. The van der Waals surface area contributed by atoms with Crippen molar-refractivity contribution in [3.8, 4) is 11.1 Å². The molecule has 2 aromatic rings. The fourth-order valence-electron chi connectivity index (χ4n) is 5.41. The quantitative estimate of drug-likeness (QED) is 0.525. The number of benzene rings is 2. The number of carbonyl (C=O) groups excluding carboxylic acids is 2. The van der Waals surface area contributed by atoms with Crippen LogP contribution in [-0.2, 0) is 14.3 Å². The number of hydrogen-bond acceptors (Lipinski definition) is 4. The Bertz CT molecular complexity index is 1090. The van der Waals surface area contributed by atoms with Crippen LogP contribution in [0.3, 0.4) is 0 Å². The molecule has 0 radical (unpaired) electrons. The van der Waals surface area contributed by atoms with Gasteiger partial charge in [-0.05, 0) is 60.8 Å². The van der Waals surface area contributed by atoms with E-state index in [1.54, 1.807) is 4.90 Å². The van der Waals surface area contributed by atoms with Crippen molar-refractivity contribution in [1.82, 2.24) is 10.2 Å². The van der Waals surface area contributed by atoms with Gasteiger partial charge in [-0.15, -0.1) is 0 Å². The lowest BCUT2D eigenvalue weighted by molar-refractivity contribution is -0.139. The van der Waals surface area contributed by atoms with Gasteiger partial charge in [-0.25, -0.2) is 4.79 Å². The zero-order chi connectivity index (χ0) is 24.6. The van der Waals surface area contributed by atoms with Gasteiger partial charge in [0.25, 0.3) is 0 Å². The summed E-state index contributed by atoms with van der Waals surface area (Å²) in [4.78, 5) is 38.8. The molecule has 0 aliphatic heterocycles. The third kappa shape index (κ3) is 5.04. The number of rotatable bonds is 10. The number of aliphatic carboxylic acids is 1. The Labute approximate surface area is 205 Å². The summed E-state index contributed by atoms with van der Waals surface area (Å²) >= 11 is 0. The van der Waals surface area contributed by atoms with E-state index in [1.165, 1.54) is 11.1 Å². The van der Waals surface area contributed by atoms with Crippen LogP contribution < -0.4 is 5.32 Å². The van der Waals surface area contributed by atoms with Crippen LogP contribution in [0, 0.1) is 5.92 Å². The van der Waals surface area contributed by atoms with E-state index in [9.17, 15) is 14.4 Å². The maximum Gasteiger partial charge on any atom is 0.407 e. The smallest absolute Gasteiger partial charge is 0.407 e. The highest BCUT2D eigenvalue weighted by Crippen LogP contribution is 2.45. The van der Waals surface area contributed by atoms with Gasteiger partial charge in [0, 0.05) is 18.5 Å². The molecule has 35 heavy (non-hydrogen) atoms. The molecule has 2 saturated carbocycles. The molecular weight excluding hydrogens is 444 g/mol. The zero-order valence-electron chi connectivity index (χ0n) is 20.0. The second kappa shape index (κ2) is 9.36. The highest BCUT2D eigenvalue weighted by Gasteiger charge is 2.46. The molecule has 2 aromatic carbocycles. The third-order valence-electron chi connectivity index (χ3n) is 7.60. The van der Waals surface area contributed by atoms with Gasteiger partial charge in [-0.1, -0.05) is 48.5 Å². The molecule has 0 saturated heterocycles. The van der Waals surface area contributed by atoms with Gasteiger partial charge in [0.2, 0.25) is 5.91 Å². The van der Waals surface area contributed by atoms with Gasteiger partial charge in [0.15, 0.2) is 0 Å². The molecule has 2 amide bonds. The number of nitrogens with one attached hydrogen (secondary N) is 1. The number of amides is 2. The number of carbonyl (C=O) groups is 3. The molecular formula is C28H32N2O5. The first-order valence-electron chi connectivity index (χ1n) is 12.5. The van der Waals surface area contributed by atoms with Crippen molar-refractivity contribution in [2.45, 2.75) is 62.9 Å². The molecule has 1 atom stereocenters. The molecule has 0 bridgehead atoms. The second-order valence-electron chi connectivity index (χ2n) is 10.3. The first kappa shape index (κ1) is 23.4. The number of alkyl carbamates (subject to hydrolysis) is 1. The van der Waals surface area contributed by atoms with Crippen LogP contribution in [0.15, 0.2) is 48.5 Å². The van der Waals surface area contributed by atoms with Crippen molar-refractivity contribution in [3.05, 3.63) is 59.7 Å². The molecule has 0 aromatic heterocycles. The molecule has 2 fully saturated rings. The van der Waals surface area contributed by atoms with Crippen LogP contribution in [0.2, 0.25) is 0 Å². The van der Waals surface area contributed by atoms with E-state index in [0.717, 1.165) is 36.8 Å². The molecule has 1 unspecified atom stereocenters. The van der Waals surface area contributed by atoms with Gasteiger partial charge in [0.1, 0.15) is 6.61 Å². The topological polar surface area (TPSA) is 95.9 Å². The highest BCUT2D eigenvalue weighted by molar-refractivity contribution is 5.81. The molecule has 0 heterocycles. The molecule has 184 valence electrons. The van der Waals surface area contributed by atoms with Gasteiger partial charge >= 0.3 is 12.1 Å². The summed E-state index contributed by atoms with van der Waals surface area (Å²) in [5.74, 6) is -0.817. The number of ether oxygens (including phenoxy) is 1. The standard InChI is InChI=1S/C28H32N2O5/c1-28(18-10-11-18,16-25(31)30(19-12-13-19)15-14-26(32)33)29-27(34)35-17-24-22-8-4-2-6-20(22)21-7-3-5-9-23(21)24/h2-9,18-19,24H,10-17H2,1H3,(H,29,34)(H,32,33). The minimum Gasteiger partial charge on any atom is -0.481 e. The van der Waals surface area contributed by atoms with Crippen LogP contribution in [0.25, 0.3) is 11.1 Å². The Morgan fingerprint density at radius 2 is 1.60 bits per heavy atom. The summed E-state index contributed by atoms with van der Waals surface area (Å²) in [5.41, 5.74) is 3.94. The van der Waals surface area contributed by atoms with Crippen molar-refractivity contribution in [1.29, 1.82) is 0 Å². The lowest BCUT2D eigenvalue weighted by Crippen LogP contribution is -2.52. The lowest BCUT2D eigenvalue weighted by atomic mass is 9.91. The zero-order valence-corrected chi connectivity index (χ0v) is 20.0. The van der Waals surface area contributed by atoms with Crippen LogP contribution in [0.5, 0.6) is 0 Å². The van der Waals surface area contributed by atoms with Gasteiger partial charge in [0.05, 0.1) is 18.4 Å². The monoisotopic (exact) mass is 476 g/mol. The lowest BCUT2D eigenvalue weighted by Gasteiger charge is -2.33. The number of hydrogen-bond donors (Lipinski definition) is 2. The predicted molar refractivity (Wildman–Crippen MR) is 131 cm³/mol. The van der Waals surface area contributed by atoms with Gasteiger partial charge in [-0.3, -0.25) is 9.59 Å². The van der Waals surface area contributed by atoms with E-state index < -0.39 is 17.6 Å². The predicted octanol–water partition coefficient (Wildman–Crippen LogP) is 4.55. The number of fused-ring (bicyclic) bond motifs is 3. The Kier molecular flexibility index (Phi) is 6.26. The van der Waals surface area contributed by atoms with Gasteiger partial charge < -0.3 is 20.1 Å². The summed E-state index contributed by atoms with van der Waals surface area (Å²) in [6, 6.07) is 16.5.